The van der Waals surface area contributed by atoms with Crippen LogP contribution in [0.2, 0.25) is 0 Å². The SMILES string of the molecule is O=C(CN1C(=O)CCc2ccc(F)cc21)c1ccc(Br)s1. The molecule has 1 amide bonds. The van der Waals surface area contributed by atoms with Crippen molar-refractivity contribution in [2.24, 2.45) is 0 Å². The van der Waals surface area contributed by atoms with E-state index in [4.69, 9.17) is 0 Å². The first-order valence-electron chi connectivity index (χ1n) is 6.42. The van der Waals surface area contributed by atoms with Gasteiger partial charge in [-0.15, -0.1) is 11.3 Å². The summed E-state index contributed by atoms with van der Waals surface area (Å²) < 4.78 is 14.3. The standard InChI is InChI=1S/C15H11BrFNO2S/c16-14-5-4-13(21-14)12(19)8-18-11-7-10(17)3-1-9(11)2-6-15(18)20/h1,3-5,7H,2,6,8H2. The molecule has 1 aromatic heterocycles. The third-order valence-electron chi connectivity index (χ3n) is 3.40. The number of ketones is 1. The summed E-state index contributed by atoms with van der Waals surface area (Å²) in [4.78, 5) is 26.3. The Morgan fingerprint density at radius 1 is 1.29 bits per heavy atom. The summed E-state index contributed by atoms with van der Waals surface area (Å²) >= 11 is 4.63. The van der Waals surface area contributed by atoms with E-state index in [0.717, 1.165) is 9.35 Å². The summed E-state index contributed by atoms with van der Waals surface area (Å²) in [6, 6.07) is 7.90. The van der Waals surface area contributed by atoms with Gasteiger partial charge >= 0.3 is 0 Å². The van der Waals surface area contributed by atoms with E-state index in [9.17, 15) is 14.0 Å². The molecule has 0 radical (unpaired) electrons. The van der Waals surface area contributed by atoms with E-state index in [0.29, 0.717) is 23.4 Å². The number of carbonyl (C=O) groups excluding carboxylic acids is 2. The Kier molecular flexibility index (Phi) is 3.91. The number of rotatable bonds is 3. The summed E-state index contributed by atoms with van der Waals surface area (Å²) in [6.45, 7) is -0.0533. The Balaban J connectivity index is 1.90. The van der Waals surface area contributed by atoms with Crippen molar-refractivity contribution in [2.45, 2.75) is 12.8 Å². The van der Waals surface area contributed by atoms with Gasteiger partial charge in [0.25, 0.3) is 0 Å². The monoisotopic (exact) mass is 367 g/mol. The predicted octanol–water partition coefficient (Wildman–Crippen LogP) is 3.81. The number of hydrogen-bond acceptors (Lipinski definition) is 3. The second-order valence-corrected chi connectivity index (χ2v) is 7.24. The lowest BCUT2D eigenvalue weighted by Crippen LogP contribution is -2.39. The van der Waals surface area contributed by atoms with Gasteiger partial charge in [-0.1, -0.05) is 6.07 Å². The lowest BCUT2D eigenvalue weighted by atomic mass is 10.0. The molecule has 0 atom stereocenters. The number of anilines is 1. The number of thiophene rings is 1. The van der Waals surface area contributed by atoms with E-state index in [-0.39, 0.29) is 18.2 Å². The molecule has 1 aliphatic rings. The number of carbonyl (C=O) groups is 2. The van der Waals surface area contributed by atoms with Gasteiger partial charge in [-0.05, 0) is 52.2 Å². The molecule has 1 aliphatic heterocycles. The molecular formula is C15H11BrFNO2S. The molecule has 0 saturated carbocycles. The van der Waals surface area contributed by atoms with Crippen molar-refractivity contribution in [2.75, 3.05) is 11.4 Å². The van der Waals surface area contributed by atoms with Gasteiger partial charge in [-0.25, -0.2) is 4.39 Å². The molecule has 0 saturated heterocycles. The number of benzene rings is 1. The van der Waals surface area contributed by atoms with Gasteiger partial charge < -0.3 is 4.90 Å². The zero-order chi connectivity index (χ0) is 15.0. The van der Waals surface area contributed by atoms with Gasteiger partial charge in [0.05, 0.1) is 20.9 Å². The molecule has 21 heavy (non-hydrogen) atoms. The van der Waals surface area contributed by atoms with Crippen molar-refractivity contribution in [1.82, 2.24) is 0 Å². The van der Waals surface area contributed by atoms with Crippen LogP contribution in [0, 0.1) is 5.82 Å². The maximum absolute atomic E-state index is 13.4. The molecular weight excluding hydrogens is 357 g/mol. The number of aryl methyl sites for hydroxylation is 1. The Hall–Kier alpha value is -1.53. The molecule has 2 heterocycles. The number of halogens is 2. The number of fused-ring (bicyclic) bond motifs is 1. The summed E-state index contributed by atoms with van der Waals surface area (Å²) in [6.07, 6.45) is 0.934. The quantitative estimate of drug-likeness (QED) is 0.773. The van der Waals surface area contributed by atoms with E-state index in [1.54, 1.807) is 18.2 Å². The fourth-order valence-electron chi connectivity index (χ4n) is 2.37. The van der Waals surface area contributed by atoms with Crippen molar-refractivity contribution >= 4 is 44.6 Å². The van der Waals surface area contributed by atoms with Crippen LogP contribution in [-0.2, 0) is 11.2 Å². The first-order chi connectivity index (χ1) is 10.0. The summed E-state index contributed by atoms with van der Waals surface area (Å²) in [7, 11) is 0. The highest BCUT2D eigenvalue weighted by molar-refractivity contribution is 9.11. The van der Waals surface area contributed by atoms with Crippen LogP contribution in [0.3, 0.4) is 0 Å². The minimum absolute atomic E-state index is 0.0533. The van der Waals surface area contributed by atoms with Crippen molar-refractivity contribution < 1.29 is 14.0 Å². The molecule has 0 fully saturated rings. The molecule has 0 unspecified atom stereocenters. The zero-order valence-corrected chi connectivity index (χ0v) is 13.3. The van der Waals surface area contributed by atoms with Gasteiger partial charge in [0.1, 0.15) is 5.82 Å². The van der Waals surface area contributed by atoms with Crippen LogP contribution in [0.4, 0.5) is 10.1 Å². The Bertz CT molecular complexity index is 728. The maximum Gasteiger partial charge on any atom is 0.227 e. The van der Waals surface area contributed by atoms with Crippen molar-refractivity contribution in [3.8, 4) is 0 Å². The minimum atomic E-state index is -0.403. The predicted molar refractivity (Wildman–Crippen MR) is 83.4 cm³/mol. The Morgan fingerprint density at radius 3 is 2.81 bits per heavy atom. The second-order valence-electron chi connectivity index (χ2n) is 4.78. The van der Waals surface area contributed by atoms with Gasteiger partial charge in [0.2, 0.25) is 5.91 Å². The molecule has 3 rings (SSSR count). The molecule has 0 aliphatic carbocycles. The molecule has 2 aromatic rings. The second kappa shape index (κ2) is 5.69. The summed E-state index contributed by atoms with van der Waals surface area (Å²) in [5.41, 5.74) is 1.41. The van der Waals surface area contributed by atoms with Crippen molar-refractivity contribution in [3.63, 3.8) is 0 Å². The minimum Gasteiger partial charge on any atom is -0.304 e. The van der Waals surface area contributed by atoms with E-state index < -0.39 is 5.82 Å². The van der Waals surface area contributed by atoms with Crippen LogP contribution in [0.5, 0.6) is 0 Å². The van der Waals surface area contributed by atoms with Gasteiger partial charge in [0.15, 0.2) is 5.78 Å². The number of nitrogens with zero attached hydrogens (tertiary/aromatic N) is 1. The van der Waals surface area contributed by atoms with Crippen LogP contribution < -0.4 is 4.90 Å². The van der Waals surface area contributed by atoms with Crippen LogP contribution >= 0.6 is 27.3 Å². The van der Waals surface area contributed by atoms with E-state index in [1.807, 2.05) is 0 Å². The van der Waals surface area contributed by atoms with Gasteiger partial charge in [0, 0.05) is 6.42 Å². The zero-order valence-electron chi connectivity index (χ0n) is 10.9. The maximum atomic E-state index is 13.4. The highest BCUT2D eigenvalue weighted by Crippen LogP contribution is 2.29. The lowest BCUT2D eigenvalue weighted by molar-refractivity contribution is -0.118. The molecule has 6 heteroatoms. The molecule has 3 nitrogen and oxygen atoms in total. The smallest absolute Gasteiger partial charge is 0.227 e. The molecule has 1 aromatic carbocycles. The van der Waals surface area contributed by atoms with E-state index in [2.05, 4.69) is 15.9 Å². The first-order valence-corrected chi connectivity index (χ1v) is 8.03. The molecule has 108 valence electrons. The summed E-state index contributed by atoms with van der Waals surface area (Å²) in [5, 5.41) is 0. The van der Waals surface area contributed by atoms with Crippen LogP contribution in [0.15, 0.2) is 34.1 Å². The van der Waals surface area contributed by atoms with Gasteiger partial charge in [-0.2, -0.15) is 0 Å². The van der Waals surface area contributed by atoms with E-state index in [1.165, 1.54) is 28.4 Å². The third kappa shape index (κ3) is 2.91. The molecule has 0 N–H and O–H groups in total. The Morgan fingerprint density at radius 2 is 2.10 bits per heavy atom. The average molecular weight is 368 g/mol. The topological polar surface area (TPSA) is 37.4 Å². The van der Waals surface area contributed by atoms with Gasteiger partial charge in [-0.3, -0.25) is 9.59 Å². The highest BCUT2D eigenvalue weighted by atomic mass is 79.9. The average Bonchev–Trinajstić information content (AvgIpc) is 2.89. The largest absolute Gasteiger partial charge is 0.304 e. The summed E-state index contributed by atoms with van der Waals surface area (Å²) in [5.74, 6) is -0.687. The fraction of sp³-hybridized carbons (Fsp3) is 0.200. The van der Waals surface area contributed by atoms with Crippen molar-refractivity contribution in [1.29, 1.82) is 0 Å². The Labute approximate surface area is 133 Å². The number of Topliss-reactive ketones (excluding diaryl/α,β-unsaturated/α-hetero) is 1. The number of hydrogen-bond donors (Lipinski definition) is 0. The van der Waals surface area contributed by atoms with Crippen molar-refractivity contribution in [3.05, 3.63) is 50.4 Å². The van der Waals surface area contributed by atoms with Crippen LogP contribution in [0.25, 0.3) is 0 Å². The third-order valence-corrected chi connectivity index (χ3v) is 5.06. The van der Waals surface area contributed by atoms with Crippen LogP contribution in [0.1, 0.15) is 21.7 Å². The highest BCUT2D eigenvalue weighted by Gasteiger charge is 2.27. The fourth-order valence-corrected chi connectivity index (χ4v) is 3.69. The molecule has 0 spiro atoms. The lowest BCUT2D eigenvalue weighted by Gasteiger charge is -2.28. The first kappa shape index (κ1) is 14.4. The van der Waals surface area contributed by atoms with E-state index >= 15 is 0 Å². The number of amides is 1. The normalized spacial score (nSPS) is 14.2. The van der Waals surface area contributed by atoms with Crippen LogP contribution in [-0.4, -0.2) is 18.2 Å². The molecule has 0 bridgehead atoms.